The Hall–Kier alpha value is -7.76. The van der Waals surface area contributed by atoms with Crippen LogP contribution in [0.25, 0.3) is 73.7 Å². The summed E-state index contributed by atoms with van der Waals surface area (Å²) in [6.45, 7) is 0. The molecule has 302 valence electrons. The van der Waals surface area contributed by atoms with Gasteiger partial charge in [0.25, 0.3) is 0 Å². The summed E-state index contributed by atoms with van der Waals surface area (Å²) in [5.74, 6) is 0. The monoisotopic (exact) mass is 852 g/mol. The minimum Gasteiger partial charge on any atom is -0.310 e. The smallest absolute Gasteiger partial charge is 0.0475 e. The highest BCUT2D eigenvalue weighted by atomic mass is 32.1. The maximum absolute atomic E-state index is 2.38. The lowest BCUT2D eigenvalue weighted by Crippen LogP contribution is -2.09. The molecule has 0 bridgehead atoms. The lowest BCUT2D eigenvalue weighted by molar-refractivity contribution is 1.29. The average molecular weight is 853 g/mol. The third-order valence-electron chi connectivity index (χ3n) is 12.2. The Kier molecular flexibility index (Phi) is 9.59. The fraction of sp³-hybridized carbons (Fsp3) is 0. The average Bonchev–Trinajstić information content (AvgIpc) is 3.94. The largest absolute Gasteiger partial charge is 0.310 e. The quantitative estimate of drug-likeness (QED) is 0.143. The Morgan fingerprint density at radius 1 is 0.234 bits per heavy atom. The van der Waals surface area contributed by atoms with Gasteiger partial charge in [-0.1, -0.05) is 158 Å². The molecule has 10 aromatic carbocycles. The Morgan fingerprint density at radius 2 is 0.531 bits per heavy atom. The van der Waals surface area contributed by atoms with E-state index in [9.17, 15) is 0 Å². The number of benzene rings is 10. The molecule has 12 rings (SSSR count). The molecule has 0 aliphatic rings. The lowest BCUT2D eigenvalue weighted by atomic mass is 9.96. The second-order valence-electron chi connectivity index (χ2n) is 16.1. The highest BCUT2D eigenvalue weighted by molar-refractivity contribution is 7.26. The topological polar surface area (TPSA) is 6.48 Å². The van der Waals surface area contributed by atoms with Crippen LogP contribution in [0.2, 0.25) is 0 Å². The number of hydrogen-bond acceptors (Lipinski definition) is 4. The third kappa shape index (κ3) is 6.81. The number of para-hydroxylation sites is 4. The van der Waals surface area contributed by atoms with Crippen LogP contribution in [0.5, 0.6) is 0 Å². The van der Waals surface area contributed by atoms with Crippen LogP contribution in [0.3, 0.4) is 0 Å². The molecule has 0 radical (unpaired) electrons. The van der Waals surface area contributed by atoms with Gasteiger partial charge in [0.2, 0.25) is 0 Å². The molecule has 0 fully saturated rings. The summed E-state index contributed by atoms with van der Waals surface area (Å²) in [6.07, 6.45) is 0. The predicted octanol–water partition coefficient (Wildman–Crippen LogP) is 18.4. The Morgan fingerprint density at radius 3 is 0.875 bits per heavy atom. The van der Waals surface area contributed by atoms with Gasteiger partial charge in [-0.15, -0.1) is 22.7 Å². The highest BCUT2D eigenvalue weighted by Gasteiger charge is 2.20. The van der Waals surface area contributed by atoms with Crippen molar-refractivity contribution in [2.45, 2.75) is 0 Å². The van der Waals surface area contributed by atoms with Crippen LogP contribution in [0.4, 0.5) is 34.1 Å². The SMILES string of the molecule is c1ccc(N(c2ccccc2)c2cc(-c3ccc(-c4ccc(-c5cc(N(c6ccccc6)c6ccccc6)cc6c5sc5ccccc56)cc4)cc3)c3sc4ccccc4c3c2)cc1. The molecule has 0 unspecified atom stereocenters. The number of fused-ring (bicyclic) bond motifs is 6. The van der Waals surface area contributed by atoms with Crippen molar-refractivity contribution in [2.24, 2.45) is 0 Å². The van der Waals surface area contributed by atoms with E-state index in [4.69, 9.17) is 0 Å². The molecule has 0 amide bonds. The maximum atomic E-state index is 2.38. The van der Waals surface area contributed by atoms with Gasteiger partial charge in [-0.2, -0.15) is 0 Å². The molecule has 64 heavy (non-hydrogen) atoms. The standard InChI is InChI=1S/C60H40N2S2/c1-5-17-45(18-6-1)61(46-19-7-2-8-20-46)49-37-53(59-55(39-49)51-25-13-15-27-57(51)63-59)43-33-29-41(30-34-43)42-31-35-44(36-32-42)54-38-50(40-56-52-26-14-16-28-58(52)64-60(54)56)62(47-21-9-3-10-22-47)48-23-11-4-12-24-48/h1-40H. The predicted molar refractivity (Wildman–Crippen MR) is 278 cm³/mol. The van der Waals surface area contributed by atoms with Gasteiger partial charge in [0, 0.05) is 85.6 Å². The van der Waals surface area contributed by atoms with Gasteiger partial charge >= 0.3 is 0 Å². The molecule has 0 atom stereocenters. The van der Waals surface area contributed by atoms with Crippen molar-refractivity contribution in [3.8, 4) is 33.4 Å². The second kappa shape index (κ2) is 16.2. The molecule has 4 heteroatoms. The van der Waals surface area contributed by atoms with Crippen molar-refractivity contribution in [3.05, 3.63) is 243 Å². The van der Waals surface area contributed by atoms with Crippen molar-refractivity contribution < 1.29 is 0 Å². The van der Waals surface area contributed by atoms with Crippen molar-refractivity contribution in [3.63, 3.8) is 0 Å². The van der Waals surface area contributed by atoms with E-state index in [0.717, 1.165) is 34.1 Å². The van der Waals surface area contributed by atoms with Gasteiger partial charge < -0.3 is 9.80 Å². The summed E-state index contributed by atoms with van der Waals surface area (Å²) in [5.41, 5.74) is 14.0. The van der Waals surface area contributed by atoms with Crippen LogP contribution in [-0.2, 0) is 0 Å². The molecule has 0 saturated carbocycles. The molecule has 2 nitrogen and oxygen atoms in total. The summed E-state index contributed by atoms with van der Waals surface area (Å²) in [4.78, 5) is 4.74. The molecule has 0 saturated heterocycles. The van der Waals surface area contributed by atoms with Gasteiger partial charge in [-0.05, 0) is 107 Å². The Bertz CT molecular complexity index is 3260. The first-order valence-corrected chi connectivity index (χ1v) is 23.3. The molecular formula is C60H40N2S2. The highest BCUT2D eigenvalue weighted by Crippen LogP contribution is 2.48. The van der Waals surface area contributed by atoms with E-state index in [2.05, 4.69) is 252 Å². The second-order valence-corrected chi connectivity index (χ2v) is 18.2. The normalized spacial score (nSPS) is 11.4. The van der Waals surface area contributed by atoms with E-state index in [0.29, 0.717) is 0 Å². The zero-order valence-electron chi connectivity index (χ0n) is 34.8. The van der Waals surface area contributed by atoms with Crippen molar-refractivity contribution in [2.75, 3.05) is 9.80 Å². The van der Waals surface area contributed by atoms with E-state index in [-0.39, 0.29) is 0 Å². The summed E-state index contributed by atoms with van der Waals surface area (Å²) in [6, 6.07) is 88.2. The Labute approximate surface area is 380 Å². The maximum Gasteiger partial charge on any atom is 0.0475 e. The van der Waals surface area contributed by atoms with Crippen molar-refractivity contribution in [1.82, 2.24) is 0 Å². The van der Waals surface area contributed by atoms with Crippen LogP contribution in [0, 0.1) is 0 Å². The van der Waals surface area contributed by atoms with Crippen LogP contribution >= 0.6 is 22.7 Å². The summed E-state index contributed by atoms with van der Waals surface area (Å²) in [5, 5.41) is 5.12. The van der Waals surface area contributed by atoms with E-state index < -0.39 is 0 Å². The third-order valence-corrected chi connectivity index (χ3v) is 14.7. The zero-order valence-corrected chi connectivity index (χ0v) is 36.4. The first kappa shape index (κ1) is 38.0. The molecule has 12 aromatic rings. The summed E-state index contributed by atoms with van der Waals surface area (Å²) in [7, 11) is 0. The zero-order chi connectivity index (χ0) is 42.4. The van der Waals surface area contributed by atoms with Crippen LogP contribution in [-0.4, -0.2) is 0 Å². The van der Waals surface area contributed by atoms with Gasteiger partial charge in [0.15, 0.2) is 0 Å². The summed E-state index contributed by atoms with van der Waals surface area (Å²) < 4.78 is 5.20. The fourth-order valence-electron chi connectivity index (χ4n) is 9.20. The first-order valence-electron chi connectivity index (χ1n) is 21.7. The Balaban J connectivity index is 0.945. The van der Waals surface area contributed by atoms with E-state index in [1.54, 1.807) is 0 Å². The number of anilines is 6. The van der Waals surface area contributed by atoms with Crippen molar-refractivity contribution >= 4 is 97.1 Å². The minimum absolute atomic E-state index is 1.13. The van der Waals surface area contributed by atoms with Crippen LogP contribution in [0.15, 0.2) is 243 Å². The molecule has 2 aromatic heterocycles. The molecule has 0 N–H and O–H groups in total. The van der Waals surface area contributed by atoms with E-state index >= 15 is 0 Å². The lowest BCUT2D eigenvalue weighted by Gasteiger charge is -2.26. The minimum atomic E-state index is 1.13. The number of hydrogen-bond donors (Lipinski definition) is 0. The van der Waals surface area contributed by atoms with Crippen LogP contribution < -0.4 is 9.80 Å². The molecule has 0 aliphatic carbocycles. The first-order chi connectivity index (χ1) is 31.7. The van der Waals surface area contributed by atoms with E-state index in [1.165, 1.54) is 73.7 Å². The van der Waals surface area contributed by atoms with Gasteiger partial charge in [0.05, 0.1) is 0 Å². The van der Waals surface area contributed by atoms with Crippen LogP contribution in [0.1, 0.15) is 0 Å². The number of rotatable bonds is 9. The van der Waals surface area contributed by atoms with E-state index in [1.807, 2.05) is 22.7 Å². The number of thiophene rings is 2. The molecular weight excluding hydrogens is 813 g/mol. The fourth-order valence-corrected chi connectivity index (χ4v) is 11.6. The van der Waals surface area contributed by atoms with Gasteiger partial charge in [0.1, 0.15) is 0 Å². The molecule has 2 heterocycles. The van der Waals surface area contributed by atoms with Gasteiger partial charge in [-0.25, -0.2) is 0 Å². The summed E-state index contributed by atoms with van der Waals surface area (Å²) >= 11 is 3.75. The van der Waals surface area contributed by atoms with Gasteiger partial charge in [-0.3, -0.25) is 0 Å². The van der Waals surface area contributed by atoms with Crippen molar-refractivity contribution in [1.29, 1.82) is 0 Å². The molecule has 0 spiro atoms. The number of nitrogens with zero attached hydrogens (tertiary/aromatic N) is 2. The molecule has 0 aliphatic heterocycles.